The summed E-state index contributed by atoms with van der Waals surface area (Å²) in [5, 5.41) is 6.11. The molecule has 3 atom stereocenters. The van der Waals surface area contributed by atoms with Gasteiger partial charge in [-0.25, -0.2) is 14.2 Å². The van der Waals surface area contributed by atoms with Crippen LogP contribution in [-0.2, 0) is 4.74 Å². The summed E-state index contributed by atoms with van der Waals surface area (Å²) in [7, 11) is 0. The molecule has 2 aliphatic heterocycles. The number of amides is 2. The molecule has 2 amide bonds. The molecule has 136 valence electrons. The van der Waals surface area contributed by atoms with Crippen molar-refractivity contribution in [3.8, 4) is 0 Å². The summed E-state index contributed by atoms with van der Waals surface area (Å²) < 4.78 is 19.6. The Morgan fingerprint density at radius 3 is 2.88 bits per heavy atom. The van der Waals surface area contributed by atoms with E-state index in [9.17, 15) is 9.18 Å². The van der Waals surface area contributed by atoms with E-state index in [4.69, 9.17) is 4.74 Å². The Morgan fingerprint density at radius 1 is 1.24 bits per heavy atom. The third-order valence-electron chi connectivity index (χ3n) is 5.36. The molecule has 0 spiro atoms. The molecule has 2 N–H and O–H groups in total. The average molecular weight is 348 g/mol. The van der Waals surface area contributed by atoms with Gasteiger partial charge in [0.25, 0.3) is 0 Å². The molecule has 7 heteroatoms. The molecule has 0 radical (unpaired) electrons. The first-order chi connectivity index (χ1) is 12.2. The van der Waals surface area contributed by atoms with E-state index in [1.54, 1.807) is 12.3 Å². The molecule has 3 aliphatic rings. The van der Waals surface area contributed by atoms with E-state index in [-0.39, 0.29) is 23.9 Å². The number of carbonyl (C=O) groups is 1. The number of hydrogen-bond acceptors (Lipinski definition) is 4. The maximum absolute atomic E-state index is 13.8. The summed E-state index contributed by atoms with van der Waals surface area (Å²) in [5.74, 6) is 0.745. The van der Waals surface area contributed by atoms with E-state index < -0.39 is 0 Å². The Kier molecular flexibility index (Phi) is 4.74. The Morgan fingerprint density at radius 2 is 2.08 bits per heavy atom. The van der Waals surface area contributed by atoms with Crippen LogP contribution < -0.4 is 15.5 Å². The largest absolute Gasteiger partial charge is 0.378 e. The second-order valence-electron chi connectivity index (χ2n) is 7.33. The minimum Gasteiger partial charge on any atom is -0.378 e. The smallest absolute Gasteiger partial charge is 0.315 e. The first-order valence-electron chi connectivity index (χ1n) is 9.23. The van der Waals surface area contributed by atoms with E-state index in [0.717, 1.165) is 25.9 Å². The summed E-state index contributed by atoms with van der Waals surface area (Å²) in [6.45, 7) is 2.00. The van der Waals surface area contributed by atoms with Gasteiger partial charge >= 0.3 is 6.03 Å². The lowest BCUT2D eigenvalue weighted by atomic mass is 10.0. The van der Waals surface area contributed by atoms with Gasteiger partial charge in [0.15, 0.2) is 11.6 Å². The fraction of sp³-hybridized carbons (Fsp3) is 0.667. The number of halogens is 1. The highest BCUT2D eigenvalue weighted by Crippen LogP contribution is 2.38. The molecule has 3 fully saturated rings. The fourth-order valence-corrected chi connectivity index (χ4v) is 3.85. The molecule has 0 bridgehead atoms. The lowest BCUT2D eigenvalue weighted by Crippen LogP contribution is -2.49. The molecule has 4 rings (SSSR count). The van der Waals surface area contributed by atoms with Crippen LogP contribution in [0.5, 0.6) is 0 Å². The van der Waals surface area contributed by atoms with Crippen LogP contribution in [0.4, 0.5) is 15.0 Å². The Balaban J connectivity index is 1.25. The van der Waals surface area contributed by atoms with Crippen molar-refractivity contribution in [2.24, 2.45) is 5.92 Å². The Labute approximate surface area is 147 Å². The second-order valence-corrected chi connectivity index (χ2v) is 7.33. The summed E-state index contributed by atoms with van der Waals surface area (Å²) in [4.78, 5) is 18.3. The molecule has 2 saturated heterocycles. The molecule has 1 saturated carbocycles. The first-order valence-corrected chi connectivity index (χ1v) is 9.23. The van der Waals surface area contributed by atoms with Gasteiger partial charge in [0.05, 0.1) is 6.10 Å². The van der Waals surface area contributed by atoms with Crippen molar-refractivity contribution in [3.63, 3.8) is 0 Å². The molecule has 0 aromatic carbocycles. The van der Waals surface area contributed by atoms with E-state index in [0.29, 0.717) is 30.9 Å². The normalized spacial score (nSPS) is 29.5. The average Bonchev–Trinajstić information content (AvgIpc) is 3.36. The fourth-order valence-electron chi connectivity index (χ4n) is 3.85. The quantitative estimate of drug-likeness (QED) is 0.874. The van der Waals surface area contributed by atoms with Gasteiger partial charge in [-0.1, -0.05) is 0 Å². The molecule has 1 aliphatic carbocycles. The number of ether oxygens (including phenoxy) is 1. The highest BCUT2D eigenvalue weighted by Gasteiger charge is 2.36. The van der Waals surface area contributed by atoms with Crippen molar-refractivity contribution in [1.82, 2.24) is 15.6 Å². The van der Waals surface area contributed by atoms with Crippen molar-refractivity contribution in [2.45, 2.75) is 50.3 Å². The number of rotatable bonds is 4. The van der Waals surface area contributed by atoms with Crippen molar-refractivity contribution in [3.05, 3.63) is 24.1 Å². The molecule has 6 nitrogen and oxygen atoms in total. The van der Waals surface area contributed by atoms with E-state index in [2.05, 4.69) is 15.6 Å². The van der Waals surface area contributed by atoms with Crippen LogP contribution in [0, 0.1) is 11.7 Å². The standard InChI is InChI=1S/C18H25FN4O2/c19-15-2-1-7-20-17(15)23-8-5-14(11-23)22-18(24)21-13-6-9-25-16(10-13)12-3-4-12/h1-2,7,12-14,16H,3-6,8-11H2,(H2,21,22,24). The number of pyridine rings is 1. The van der Waals surface area contributed by atoms with Crippen molar-refractivity contribution >= 4 is 11.8 Å². The third kappa shape index (κ3) is 4.03. The van der Waals surface area contributed by atoms with Gasteiger partial charge in [0.1, 0.15) is 0 Å². The van der Waals surface area contributed by atoms with Gasteiger partial charge in [-0.05, 0) is 50.2 Å². The predicted molar refractivity (Wildman–Crippen MR) is 92.0 cm³/mol. The van der Waals surface area contributed by atoms with E-state index >= 15 is 0 Å². The maximum atomic E-state index is 13.8. The van der Waals surface area contributed by atoms with Crippen LogP contribution in [0.3, 0.4) is 0 Å². The molecule has 1 aromatic rings. The van der Waals surface area contributed by atoms with Gasteiger partial charge in [0.2, 0.25) is 0 Å². The van der Waals surface area contributed by atoms with Gasteiger partial charge in [0, 0.05) is 38.0 Å². The van der Waals surface area contributed by atoms with Crippen molar-refractivity contribution in [2.75, 3.05) is 24.6 Å². The lowest BCUT2D eigenvalue weighted by Gasteiger charge is -2.30. The Bertz CT molecular complexity index is 625. The summed E-state index contributed by atoms with van der Waals surface area (Å²) in [6, 6.07) is 3.07. The number of anilines is 1. The zero-order chi connectivity index (χ0) is 17.2. The summed E-state index contributed by atoms with van der Waals surface area (Å²) in [6.07, 6.45) is 6.99. The number of aromatic nitrogens is 1. The van der Waals surface area contributed by atoms with Crippen LogP contribution in [0.2, 0.25) is 0 Å². The minimum atomic E-state index is -0.319. The van der Waals surface area contributed by atoms with Gasteiger partial charge in [-0.15, -0.1) is 0 Å². The van der Waals surface area contributed by atoms with Crippen LogP contribution in [0.25, 0.3) is 0 Å². The second kappa shape index (κ2) is 7.15. The van der Waals surface area contributed by atoms with Crippen LogP contribution in [0.15, 0.2) is 18.3 Å². The molecular weight excluding hydrogens is 323 g/mol. The first kappa shape index (κ1) is 16.6. The van der Waals surface area contributed by atoms with Crippen molar-refractivity contribution < 1.29 is 13.9 Å². The summed E-state index contributed by atoms with van der Waals surface area (Å²) in [5.41, 5.74) is 0. The number of nitrogens with one attached hydrogen (secondary N) is 2. The van der Waals surface area contributed by atoms with Crippen LogP contribution >= 0.6 is 0 Å². The monoisotopic (exact) mass is 348 g/mol. The maximum Gasteiger partial charge on any atom is 0.315 e. The highest BCUT2D eigenvalue weighted by molar-refractivity contribution is 5.74. The third-order valence-corrected chi connectivity index (χ3v) is 5.36. The predicted octanol–water partition coefficient (Wildman–Crippen LogP) is 2.06. The molecule has 3 heterocycles. The van der Waals surface area contributed by atoms with E-state index in [1.165, 1.54) is 18.9 Å². The Hall–Kier alpha value is -1.89. The number of nitrogens with zero attached hydrogens (tertiary/aromatic N) is 2. The number of carbonyl (C=O) groups excluding carboxylic acids is 1. The molecule has 25 heavy (non-hydrogen) atoms. The minimum absolute atomic E-state index is 0.0143. The SMILES string of the molecule is O=C(NC1CCOC(C2CC2)C1)NC1CCN(c2ncccc2F)C1. The number of urea groups is 1. The molecule has 1 aromatic heterocycles. The molecule has 3 unspecified atom stereocenters. The van der Waals surface area contributed by atoms with Crippen LogP contribution in [-0.4, -0.2) is 48.9 Å². The van der Waals surface area contributed by atoms with E-state index in [1.807, 2.05) is 4.90 Å². The topological polar surface area (TPSA) is 66.5 Å². The zero-order valence-electron chi connectivity index (χ0n) is 14.3. The van der Waals surface area contributed by atoms with Gasteiger partial charge in [-0.3, -0.25) is 0 Å². The van der Waals surface area contributed by atoms with Gasteiger partial charge < -0.3 is 20.3 Å². The zero-order valence-corrected chi connectivity index (χ0v) is 14.3. The summed E-state index contributed by atoms with van der Waals surface area (Å²) >= 11 is 0. The molecular formula is C18H25FN4O2. The van der Waals surface area contributed by atoms with Crippen LogP contribution in [0.1, 0.15) is 32.1 Å². The number of hydrogen-bond donors (Lipinski definition) is 2. The van der Waals surface area contributed by atoms with Gasteiger partial charge in [-0.2, -0.15) is 0 Å². The highest BCUT2D eigenvalue weighted by atomic mass is 19.1. The van der Waals surface area contributed by atoms with Crippen molar-refractivity contribution in [1.29, 1.82) is 0 Å². The lowest BCUT2D eigenvalue weighted by molar-refractivity contribution is -0.00917.